The van der Waals surface area contributed by atoms with E-state index in [1.54, 1.807) is 49.4 Å². The molecule has 0 spiro atoms. The van der Waals surface area contributed by atoms with Crippen LogP contribution in [0.4, 0.5) is 5.69 Å². The van der Waals surface area contributed by atoms with Gasteiger partial charge in [-0.1, -0.05) is 29.8 Å². The fourth-order valence-electron chi connectivity index (χ4n) is 2.29. The average Bonchev–Trinajstić information content (AvgIpc) is 2.54. The minimum atomic E-state index is -0.264. The summed E-state index contributed by atoms with van der Waals surface area (Å²) < 4.78 is 0. The third-order valence-corrected chi connectivity index (χ3v) is 3.59. The zero-order valence-electron chi connectivity index (χ0n) is 12.8. The number of anilines is 1. The largest absolute Gasteiger partial charge is 0.322 e. The van der Waals surface area contributed by atoms with Crippen molar-refractivity contribution in [3.63, 3.8) is 0 Å². The highest BCUT2D eigenvalue weighted by Gasteiger charge is 2.08. The minimum Gasteiger partial charge on any atom is -0.322 e. The van der Waals surface area contributed by atoms with Gasteiger partial charge in [0.1, 0.15) is 5.82 Å². The fourth-order valence-corrected chi connectivity index (χ4v) is 2.48. The van der Waals surface area contributed by atoms with Crippen molar-refractivity contribution in [3.05, 3.63) is 81.2 Å². The van der Waals surface area contributed by atoms with Crippen LogP contribution in [0.2, 0.25) is 5.02 Å². The maximum Gasteiger partial charge on any atom is 0.255 e. The highest BCUT2D eigenvalue weighted by molar-refractivity contribution is 6.31. The molecule has 2 aromatic carbocycles. The lowest BCUT2D eigenvalue weighted by Crippen LogP contribution is -2.12. The first-order valence-corrected chi connectivity index (χ1v) is 7.64. The Bertz CT molecular complexity index is 966. The summed E-state index contributed by atoms with van der Waals surface area (Å²) >= 11 is 5.90. The molecular formula is C18H14ClN3O2. The molecule has 0 bridgehead atoms. The first-order chi connectivity index (χ1) is 11.5. The van der Waals surface area contributed by atoms with E-state index in [9.17, 15) is 9.59 Å². The van der Waals surface area contributed by atoms with E-state index in [-0.39, 0.29) is 11.5 Å². The first-order valence-electron chi connectivity index (χ1n) is 7.26. The van der Waals surface area contributed by atoms with Crippen molar-refractivity contribution < 1.29 is 4.79 Å². The maximum absolute atomic E-state index is 12.3. The molecule has 1 amide bonds. The summed E-state index contributed by atoms with van der Waals surface area (Å²) in [4.78, 5) is 30.9. The molecule has 1 heterocycles. The predicted molar refractivity (Wildman–Crippen MR) is 94.4 cm³/mol. The number of nitrogens with one attached hydrogen (secondary N) is 2. The number of amides is 1. The van der Waals surface area contributed by atoms with Gasteiger partial charge in [-0.25, -0.2) is 4.98 Å². The molecule has 0 aliphatic rings. The number of carbonyl (C=O) groups is 1. The number of carbonyl (C=O) groups excluding carboxylic acids is 1. The molecule has 3 aromatic rings. The normalized spacial score (nSPS) is 10.4. The Balaban J connectivity index is 1.88. The Labute approximate surface area is 143 Å². The van der Waals surface area contributed by atoms with Crippen molar-refractivity contribution in [1.82, 2.24) is 9.97 Å². The van der Waals surface area contributed by atoms with Crippen LogP contribution in [0, 0.1) is 6.92 Å². The summed E-state index contributed by atoms with van der Waals surface area (Å²) in [5, 5.41) is 3.31. The Kier molecular flexibility index (Phi) is 4.44. The molecule has 1 aromatic heterocycles. The third kappa shape index (κ3) is 3.70. The zero-order chi connectivity index (χ0) is 17.1. The smallest absolute Gasteiger partial charge is 0.255 e. The van der Waals surface area contributed by atoms with Crippen LogP contribution in [0.15, 0.2) is 59.4 Å². The highest BCUT2D eigenvalue weighted by atomic mass is 35.5. The van der Waals surface area contributed by atoms with Gasteiger partial charge < -0.3 is 10.3 Å². The van der Waals surface area contributed by atoms with Gasteiger partial charge >= 0.3 is 0 Å². The number of hydrogen-bond donors (Lipinski definition) is 2. The number of aromatic nitrogens is 2. The van der Waals surface area contributed by atoms with Crippen LogP contribution in [0.25, 0.3) is 11.4 Å². The summed E-state index contributed by atoms with van der Waals surface area (Å²) in [6, 6.07) is 15.2. The van der Waals surface area contributed by atoms with Crippen LogP contribution in [0.3, 0.4) is 0 Å². The lowest BCUT2D eigenvalue weighted by atomic mass is 10.1. The number of benzene rings is 2. The summed E-state index contributed by atoms with van der Waals surface area (Å²) in [7, 11) is 0. The number of nitrogens with zero attached hydrogens (tertiary/aromatic N) is 1. The SMILES string of the molecule is Cc1cc(=O)[nH]c(-c2cccc(NC(=O)c3cccc(Cl)c3)c2)n1. The van der Waals surface area contributed by atoms with Crippen molar-refractivity contribution in [1.29, 1.82) is 0 Å². The molecule has 24 heavy (non-hydrogen) atoms. The van der Waals surface area contributed by atoms with E-state index in [1.165, 1.54) is 6.07 Å². The molecule has 0 saturated carbocycles. The van der Waals surface area contributed by atoms with Gasteiger partial charge in [0.05, 0.1) is 0 Å². The Hall–Kier alpha value is -2.92. The van der Waals surface area contributed by atoms with Gasteiger partial charge in [-0.2, -0.15) is 0 Å². The number of halogens is 1. The number of aromatic amines is 1. The summed E-state index contributed by atoms with van der Waals surface area (Å²) in [6.45, 7) is 1.75. The van der Waals surface area contributed by atoms with Crippen molar-refractivity contribution in [2.75, 3.05) is 5.32 Å². The molecule has 120 valence electrons. The fraction of sp³-hybridized carbons (Fsp3) is 0.0556. The van der Waals surface area contributed by atoms with Gasteiger partial charge in [0.2, 0.25) is 0 Å². The number of hydrogen-bond acceptors (Lipinski definition) is 3. The van der Waals surface area contributed by atoms with E-state index >= 15 is 0 Å². The second kappa shape index (κ2) is 6.68. The molecule has 0 aliphatic carbocycles. The van der Waals surface area contributed by atoms with Crippen LogP contribution >= 0.6 is 11.6 Å². The Morgan fingerprint density at radius 2 is 1.92 bits per heavy atom. The number of aryl methyl sites for hydroxylation is 1. The quantitative estimate of drug-likeness (QED) is 0.764. The second-order valence-electron chi connectivity index (χ2n) is 5.28. The molecule has 0 atom stereocenters. The van der Waals surface area contributed by atoms with E-state index in [1.807, 2.05) is 6.07 Å². The van der Waals surface area contributed by atoms with Crippen LogP contribution in [0.5, 0.6) is 0 Å². The van der Waals surface area contributed by atoms with Gasteiger partial charge in [-0.05, 0) is 37.3 Å². The van der Waals surface area contributed by atoms with E-state index in [4.69, 9.17) is 11.6 Å². The van der Waals surface area contributed by atoms with Gasteiger partial charge in [-0.3, -0.25) is 9.59 Å². The molecule has 0 unspecified atom stereocenters. The monoisotopic (exact) mass is 339 g/mol. The maximum atomic E-state index is 12.3. The molecule has 0 fully saturated rings. The van der Waals surface area contributed by atoms with Gasteiger partial charge in [0.15, 0.2) is 0 Å². The van der Waals surface area contributed by atoms with E-state index in [0.717, 1.165) is 0 Å². The van der Waals surface area contributed by atoms with Crippen molar-refractivity contribution in [2.45, 2.75) is 6.92 Å². The molecule has 0 saturated heterocycles. The molecule has 0 aliphatic heterocycles. The van der Waals surface area contributed by atoms with E-state index < -0.39 is 0 Å². The number of H-pyrrole nitrogens is 1. The van der Waals surface area contributed by atoms with Crippen LogP contribution in [-0.4, -0.2) is 15.9 Å². The van der Waals surface area contributed by atoms with Gasteiger partial charge in [0.25, 0.3) is 11.5 Å². The molecule has 3 rings (SSSR count). The number of rotatable bonds is 3. The molecule has 6 heteroatoms. The molecular weight excluding hydrogens is 326 g/mol. The second-order valence-corrected chi connectivity index (χ2v) is 5.72. The Morgan fingerprint density at radius 3 is 2.67 bits per heavy atom. The van der Waals surface area contributed by atoms with E-state index in [2.05, 4.69) is 15.3 Å². The van der Waals surface area contributed by atoms with E-state index in [0.29, 0.717) is 33.4 Å². The van der Waals surface area contributed by atoms with Gasteiger partial charge in [-0.15, -0.1) is 0 Å². The van der Waals surface area contributed by atoms with Crippen molar-refractivity contribution in [3.8, 4) is 11.4 Å². The van der Waals surface area contributed by atoms with Crippen molar-refractivity contribution in [2.24, 2.45) is 0 Å². The standard InChI is InChI=1S/C18H14ClN3O2/c1-11-8-16(23)22-17(20-11)12-4-3-7-15(10-12)21-18(24)13-5-2-6-14(19)9-13/h2-10H,1H3,(H,21,24)(H,20,22,23). The van der Waals surface area contributed by atoms with Crippen LogP contribution < -0.4 is 10.9 Å². The summed E-state index contributed by atoms with van der Waals surface area (Å²) in [6.07, 6.45) is 0. The molecule has 5 nitrogen and oxygen atoms in total. The topological polar surface area (TPSA) is 74.8 Å². The average molecular weight is 340 g/mol. The lowest BCUT2D eigenvalue weighted by molar-refractivity contribution is 0.102. The predicted octanol–water partition coefficient (Wildman–Crippen LogP) is 3.65. The van der Waals surface area contributed by atoms with Gasteiger partial charge in [0, 0.05) is 33.6 Å². The lowest BCUT2D eigenvalue weighted by Gasteiger charge is -2.08. The molecule has 2 N–H and O–H groups in total. The Morgan fingerprint density at radius 1 is 1.12 bits per heavy atom. The van der Waals surface area contributed by atoms with Crippen LogP contribution in [-0.2, 0) is 0 Å². The molecule has 0 radical (unpaired) electrons. The van der Waals surface area contributed by atoms with Crippen molar-refractivity contribution >= 4 is 23.2 Å². The zero-order valence-corrected chi connectivity index (χ0v) is 13.6. The summed E-state index contributed by atoms with van der Waals surface area (Å²) in [5.74, 6) is 0.194. The first kappa shape index (κ1) is 16.0. The highest BCUT2D eigenvalue weighted by Crippen LogP contribution is 2.20. The third-order valence-electron chi connectivity index (χ3n) is 3.35. The minimum absolute atomic E-state index is 0.217. The van der Waals surface area contributed by atoms with Crippen LogP contribution in [0.1, 0.15) is 16.1 Å². The summed E-state index contributed by atoms with van der Waals surface area (Å²) in [5.41, 5.74) is 2.18.